The molecule has 1 aromatic rings. The van der Waals surface area contributed by atoms with Crippen molar-refractivity contribution in [3.63, 3.8) is 0 Å². The van der Waals surface area contributed by atoms with E-state index >= 15 is 0 Å². The van der Waals surface area contributed by atoms with Gasteiger partial charge in [0, 0.05) is 6.04 Å². The zero-order valence-electron chi connectivity index (χ0n) is 11.4. The van der Waals surface area contributed by atoms with Gasteiger partial charge in [-0.1, -0.05) is 31.7 Å². The first-order valence-corrected chi connectivity index (χ1v) is 7.08. The standard InChI is InChI=1S/C15H20F2N2O/c16-12-8-7-10(9-13(12)17)14(15(18)20)19-11-5-3-1-2-4-6-11/h7-9,11,14,19H,1-6H2,(H2,18,20). The Morgan fingerprint density at radius 1 is 1.15 bits per heavy atom. The summed E-state index contributed by atoms with van der Waals surface area (Å²) in [6, 6.07) is 2.89. The van der Waals surface area contributed by atoms with E-state index in [1.54, 1.807) is 0 Å². The minimum atomic E-state index is -0.962. The largest absolute Gasteiger partial charge is 0.368 e. The molecule has 3 nitrogen and oxygen atoms in total. The number of rotatable bonds is 4. The highest BCUT2D eigenvalue weighted by Gasteiger charge is 2.23. The van der Waals surface area contributed by atoms with Gasteiger partial charge in [0.25, 0.3) is 0 Å². The van der Waals surface area contributed by atoms with Crippen molar-refractivity contribution in [2.75, 3.05) is 0 Å². The van der Waals surface area contributed by atoms with Gasteiger partial charge >= 0.3 is 0 Å². The molecule has 1 fully saturated rings. The maximum Gasteiger partial charge on any atom is 0.239 e. The SMILES string of the molecule is NC(=O)C(NC1CCCCCC1)c1ccc(F)c(F)c1. The van der Waals surface area contributed by atoms with Crippen LogP contribution in [0.15, 0.2) is 18.2 Å². The smallest absolute Gasteiger partial charge is 0.239 e. The Balaban J connectivity index is 2.13. The first-order chi connectivity index (χ1) is 9.58. The molecule has 0 aliphatic heterocycles. The minimum absolute atomic E-state index is 0.197. The van der Waals surface area contributed by atoms with Crippen LogP contribution in [0.2, 0.25) is 0 Å². The van der Waals surface area contributed by atoms with E-state index in [9.17, 15) is 13.6 Å². The van der Waals surface area contributed by atoms with E-state index < -0.39 is 23.6 Å². The molecule has 0 aromatic heterocycles. The molecular weight excluding hydrogens is 262 g/mol. The minimum Gasteiger partial charge on any atom is -0.368 e. The van der Waals surface area contributed by atoms with E-state index in [1.165, 1.54) is 18.9 Å². The van der Waals surface area contributed by atoms with Gasteiger partial charge in [0.1, 0.15) is 6.04 Å². The van der Waals surface area contributed by atoms with Crippen molar-refractivity contribution in [2.24, 2.45) is 5.73 Å². The predicted octanol–water partition coefficient (Wildman–Crippen LogP) is 2.80. The molecule has 0 spiro atoms. The van der Waals surface area contributed by atoms with Crippen molar-refractivity contribution < 1.29 is 13.6 Å². The highest BCUT2D eigenvalue weighted by atomic mass is 19.2. The summed E-state index contributed by atoms with van der Waals surface area (Å²) < 4.78 is 26.3. The van der Waals surface area contributed by atoms with E-state index in [2.05, 4.69) is 5.32 Å². The molecule has 0 bridgehead atoms. The van der Waals surface area contributed by atoms with Gasteiger partial charge in [-0.15, -0.1) is 0 Å². The summed E-state index contributed by atoms with van der Waals surface area (Å²) in [6.07, 6.45) is 6.58. The third-order valence-corrected chi connectivity index (χ3v) is 3.82. The van der Waals surface area contributed by atoms with Gasteiger partial charge in [0.2, 0.25) is 5.91 Å². The van der Waals surface area contributed by atoms with Gasteiger partial charge in [0.15, 0.2) is 11.6 Å². The molecule has 1 amide bonds. The van der Waals surface area contributed by atoms with E-state index in [4.69, 9.17) is 5.73 Å². The number of nitrogens with two attached hydrogens (primary N) is 1. The van der Waals surface area contributed by atoms with Crippen LogP contribution < -0.4 is 11.1 Å². The lowest BCUT2D eigenvalue weighted by Crippen LogP contribution is -2.40. The lowest BCUT2D eigenvalue weighted by molar-refractivity contribution is -0.120. The molecule has 2 rings (SSSR count). The van der Waals surface area contributed by atoms with Crippen molar-refractivity contribution in [2.45, 2.75) is 50.6 Å². The summed E-state index contributed by atoms with van der Waals surface area (Å²) in [4.78, 5) is 11.6. The van der Waals surface area contributed by atoms with Gasteiger partial charge in [-0.2, -0.15) is 0 Å². The van der Waals surface area contributed by atoms with Crippen LogP contribution in [-0.4, -0.2) is 11.9 Å². The zero-order valence-corrected chi connectivity index (χ0v) is 11.4. The van der Waals surface area contributed by atoms with Crippen molar-refractivity contribution in [1.29, 1.82) is 0 Å². The normalized spacial score (nSPS) is 18.5. The number of carbonyl (C=O) groups excluding carboxylic acids is 1. The van der Waals surface area contributed by atoms with Gasteiger partial charge in [0.05, 0.1) is 0 Å². The molecule has 0 radical (unpaired) electrons. The predicted molar refractivity (Wildman–Crippen MR) is 72.9 cm³/mol. The van der Waals surface area contributed by atoms with Crippen LogP contribution in [0.5, 0.6) is 0 Å². The number of hydrogen-bond donors (Lipinski definition) is 2. The lowest BCUT2D eigenvalue weighted by Gasteiger charge is -2.23. The van der Waals surface area contributed by atoms with E-state index in [0.29, 0.717) is 5.56 Å². The number of nitrogens with one attached hydrogen (secondary N) is 1. The Labute approximate surface area is 117 Å². The molecule has 0 heterocycles. The van der Waals surface area contributed by atoms with Crippen molar-refractivity contribution in [1.82, 2.24) is 5.32 Å². The molecule has 20 heavy (non-hydrogen) atoms. The van der Waals surface area contributed by atoms with Crippen LogP contribution in [0.4, 0.5) is 8.78 Å². The van der Waals surface area contributed by atoms with Crippen LogP contribution in [0.3, 0.4) is 0 Å². The van der Waals surface area contributed by atoms with Crippen molar-refractivity contribution in [3.05, 3.63) is 35.4 Å². The third-order valence-electron chi connectivity index (χ3n) is 3.82. The first kappa shape index (κ1) is 14.9. The number of halogens is 2. The fourth-order valence-corrected chi connectivity index (χ4v) is 2.72. The van der Waals surface area contributed by atoms with E-state index in [-0.39, 0.29) is 6.04 Å². The van der Waals surface area contributed by atoms with Crippen molar-refractivity contribution in [3.8, 4) is 0 Å². The molecular formula is C15H20F2N2O. The summed E-state index contributed by atoms with van der Waals surface area (Å²) in [5, 5.41) is 3.19. The molecule has 1 aliphatic rings. The molecule has 1 atom stereocenters. The Morgan fingerprint density at radius 3 is 2.35 bits per heavy atom. The molecule has 1 saturated carbocycles. The second-order valence-electron chi connectivity index (χ2n) is 5.36. The van der Waals surface area contributed by atoms with Crippen LogP contribution in [0.25, 0.3) is 0 Å². The van der Waals surface area contributed by atoms with Gasteiger partial charge in [-0.05, 0) is 30.5 Å². The third kappa shape index (κ3) is 3.76. The molecule has 1 aliphatic carbocycles. The summed E-state index contributed by atoms with van der Waals surface area (Å²) >= 11 is 0. The molecule has 5 heteroatoms. The maximum atomic E-state index is 13.3. The summed E-state index contributed by atoms with van der Waals surface area (Å²) in [5.74, 6) is -2.46. The highest BCUT2D eigenvalue weighted by molar-refractivity contribution is 5.81. The number of amides is 1. The van der Waals surface area contributed by atoms with Crippen molar-refractivity contribution >= 4 is 5.91 Å². The second-order valence-corrected chi connectivity index (χ2v) is 5.36. The second kappa shape index (κ2) is 6.79. The topological polar surface area (TPSA) is 55.1 Å². The van der Waals surface area contributed by atoms with E-state index in [0.717, 1.165) is 37.8 Å². The Hall–Kier alpha value is -1.49. The molecule has 1 aromatic carbocycles. The van der Waals surface area contributed by atoms with Crippen LogP contribution in [0, 0.1) is 11.6 Å². The average Bonchev–Trinajstić information content (AvgIpc) is 2.67. The summed E-state index contributed by atoms with van der Waals surface area (Å²) in [5.41, 5.74) is 5.77. The average molecular weight is 282 g/mol. The van der Waals surface area contributed by atoms with Gasteiger partial charge in [-0.25, -0.2) is 8.78 Å². The monoisotopic (exact) mass is 282 g/mol. The molecule has 0 saturated heterocycles. The molecule has 110 valence electrons. The molecule has 3 N–H and O–H groups in total. The quantitative estimate of drug-likeness (QED) is 0.834. The Kier molecular flexibility index (Phi) is 5.06. The van der Waals surface area contributed by atoms with Gasteiger partial charge in [-0.3, -0.25) is 10.1 Å². The summed E-state index contributed by atoms with van der Waals surface area (Å²) in [6.45, 7) is 0. The van der Waals surface area contributed by atoms with Crippen LogP contribution >= 0.6 is 0 Å². The Bertz CT molecular complexity index is 471. The van der Waals surface area contributed by atoms with Crippen LogP contribution in [-0.2, 0) is 4.79 Å². The van der Waals surface area contributed by atoms with Gasteiger partial charge < -0.3 is 5.73 Å². The van der Waals surface area contributed by atoms with E-state index in [1.807, 2.05) is 0 Å². The number of carbonyl (C=O) groups is 1. The number of hydrogen-bond acceptors (Lipinski definition) is 2. The Morgan fingerprint density at radius 2 is 1.80 bits per heavy atom. The number of benzene rings is 1. The zero-order chi connectivity index (χ0) is 14.5. The maximum absolute atomic E-state index is 13.3. The van der Waals surface area contributed by atoms with Crippen LogP contribution in [0.1, 0.15) is 50.1 Å². The first-order valence-electron chi connectivity index (χ1n) is 7.08. The molecule has 1 unspecified atom stereocenters. The fourth-order valence-electron chi connectivity index (χ4n) is 2.72. The highest BCUT2D eigenvalue weighted by Crippen LogP contribution is 2.22. The number of primary amides is 1. The summed E-state index contributed by atoms with van der Waals surface area (Å²) in [7, 11) is 0. The lowest BCUT2D eigenvalue weighted by atomic mass is 10.0. The fraction of sp³-hybridized carbons (Fsp3) is 0.533.